The van der Waals surface area contributed by atoms with Gasteiger partial charge in [-0.3, -0.25) is 0 Å². The van der Waals surface area contributed by atoms with E-state index in [-0.39, 0.29) is 0 Å². The van der Waals surface area contributed by atoms with Crippen LogP contribution in [0.5, 0.6) is 0 Å². The molecule has 5 nitrogen and oxygen atoms in total. The number of thiocarbonyl (C=S) groups is 1. The minimum absolute atomic E-state index is 0.488. The highest BCUT2D eigenvalue weighted by Gasteiger charge is 1.98. The van der Waals surface area contributed by atoms with Crippen LogP contribution in [0.1, 0.15) is 0 Å². The minimum Gasteiger partial charge on any atom is -0.366 e. The van der Waals surface area contributed by atoms with Crippen molar-refractivity contribution in [3.05, 3.63) is 0 Å². The monoisotopic (exact) mass is 136 g/mol. The molecule has 0 saturated carbocycles. The summed E-state index contributed by atoms with van der Waals surface area (Å²) in [6.45, 7) is 0. The molecular formula is C2H4N2O3S. The van der Waals surface area contributed by atoms with E-state index in [1.54, 1.807) is 0 Å². The van der Waals surface area contributed by atoms with Crippen molar-refractivity contribution in [1.29, 1.82) is 0 Å². The fraction of sp³-hybridized carbons (Fsp3) is 0. The lowest BCUT2D eigenvalue weighted by Gasteiger charge is -1.95. The van der Waals surface area contributed by atoms with Crippen LogP contribution in [-0.2, 0) is 9.57 Å². The van der Waals surface area contributed by atoms with Crippen LogP contribution in [0.15, 0.2) is 0 Å². The van der Waals surface area contributed by atoms with Gasteiger partial charge in [-0.15, -0.1) is 0 Å². The van der Waals surface area contributed by atoms with Crippen LogP contribution in [0.3, 0.4) is 0 Å². The summed E-state index contributed by atoms with van der Waals surface area (Å²) in [6, 6.07) is 0. The number of carbonyl (C=O) groups excluding carboxylic acids is 1. The maximum Gasteiger partial charge on any atom is 0.413 e. The first-order chi connectivity index (χ1) is 3.66. The molecule has 0 aromatic rings. The van der Waals surface area contributed by atoms with Crippen LogP contribution in [-0.4, -0.2) is 11.3 Å². The molecule has 0 unspecified atom stereocenters. The Bertz CT molecular complexity index is 114. The molecule has 0 aromatic carbocycles. The molecule has 0 fully saturated rings. The summed E-state index contributed by atoms with van der Waals surface area (Å²) in [4.78, 5) is 13.5. The standard InChI is InChI=1S/C2H4N2O3S/c3-1(5)6-2(8)7-4/h4H2,(H2,3,5). The molecule has 0 heterocycles. The van der Waals surface area contributed by atoms with Gasteiger partial charge in [-0.2, -0.15) is 5.90 Å². The normalized spacial score (nSPS) is 7.62. The van der Waals surface area contributed by atoms with Crippen molar-refractivity contribution in [3.8, 4) is 0 Å². The van der Waals surface area contributed by atoms with Gasteiger partial charge < -0.3 is 15.3 Å². The molecule has 0 rings (SSSR count). The zero-order valence-electron chi connectivity index (χ0n) is 3.79. The van der Waals surface area contributed by atoms with E-state index in [0.29, 0.717) is 0 Å². The van der Waals surface area contributed by atoms with Gasteiger partial charge >= 0.3 is 11.3 Å². The second-order valence-electron chi connectivity index (χ2n) is 0.789. The number of rotatable bonds is 0. The summed E-state index contributed by atoms with van der Waals surface area (Å²) in [6.07, 6.45) is -1.04. The number of ether oxygens (including phenoxy) is 1. The van der Waals surface area contributed by atoms with Crippen molar-refractivity contribution in [2.45, 2.75) is 0 Å². The molecule has 0 aromatic heterocycles. The van der Waals surface area contributed by atoms with Crippen molar-refractivity contribution in [3.63, 3.8) is 0 Å². The molecule has 0 atom stereocenters. The van der Waals surface area contributed by atoms with Crippen molar-refractivity contribution in [2.75, 3.05) is 0 Å². The second kappa shape index (κ2) is 3.16. The first kappa shape index (κ1) is 7.12. The molecule has 0 aliphatic carbocycles. The van der Waals surface area contributed by atoms with Gasteiger partial charge in [-0.1, -0.05) is 0 Å². The van der Waals surface area contributed by atoms with Crippen molar-refractivity contribution < 1.29 is 14.4 Å². The predicted octanol–water partition coefficient (Wildman–Crippen LogP) is -0.743. The first-order valence-electron chi connectivity index (χ1n) is 1.54. The van der Waals surface area contributed by atoms with Gasteiger partial charge in [0.05, 0.1) is 0 Å². The maximum atomic E-state index is 9.75. The number of amides is 1. The SMILES string of the molecule is NOC(=S)OC(N)=O. The first-order valence-corrected chi connectivity index (χ1v) is 1.95. The molecule has 0 bridgehead atoms. The van der Waals surface area contributed by atoms with Crippen LogP contribution < -0.4 is 11.6 Å². The van der Waals surface area contributed by atoms with Crippen LogP contribution in [0.2, 0.25) is 0 Å². The molecule has 0 radical (unpaired) electrons. The van der Waals surface area contributed by atoms with E-state index in [1.165, 1.54) is 0 Å². The van der Waals surface area contributed by atoms with Crippen molar-refractivity contribution in [1.82, 2.24) is 0 Å². The average molecular weight is 136 g/mol. The number of nitrogens with two attached hydrogens (primary N) is 2. The number of hydrogen-bond donors (Lipinski definition) is 2. The summed E-state index contributed by atoms with van der Waals surface area (Å²) in [7, 11) is 0. The molecule has 4 N–H and O–H groups in total. The van der Waals surface area contributed by atoms with E-state index >= 15 is 0 Å². The number of carbonyl (C=O) groups is 1. The summed E-state index contributed by atoms with van der Waals surface area (Å²) in [5.74, 6) is 4.45. The van der Waals surface area contributed by atoms with Gasteiger partial charge in [-0.25, -0.2) is 4.79 Å². The lowest BCUT2D eigenvalue weighted by atomic mass is 11.2. The van der Waals surface area contributed by atoms with Gasteiger partial charge in [0, 0.05) is 12.2 Å². The summed E-state index contributed by atoms with van der Waals surface area (Å²) in [5, 5.41) is -0.488. The largest absolute Gasteiger partial charge is 0.413 e. The Morgan fingerprint density at radius 2 is 2.12 bits per heavy atom. The van der Waals surface area contributed by atoms with Crippen LogP contribution >= 0.6 is 12.2 Å². The highest BCUT2D eigenvalue weighted by molar-refractivity contribution is 7.79. The third-order valence-electron chi connectivity index (χ3n) is 0.280. The molecule has 0 spiro atoms. The third-order valence-corrected chi connectivity index (χ3v) is 0.460. The van der Waals surface area contributed by atoms with Gasteiger partial charge in [0.25, 0.3) is 0 Å². The van der Waals surface area contributed by atoms with Crippen LogP contribution in [0, 0.1) is 0 Å². The third kappa shape index (κ3) is 3.32. The Kier molecular flexibility index (Phi) is 2.82. The maximum absolute atomic E-state index is 9.75. The molecule has 6 heteroatoms. The zero-order chi connectivity index (χ0) is 6.57. The Morgan fingerprint density at radius 1 is 1.62 bits per heavy atom. The quantitative estimate of drug-likeness (QED) is 0.338. The van der Waals surface area contributed by atoms with E-state index in [1.807, 2.05) is 0 Å². The van der Waals surface area contributed by atoms with E-state index in [9.17, 15) is 4.79 Å². The van der Waals surface area contributed by atoms with E-state index in [0.717, 1.165) is 0 Å². The molecule has 0 aliphatic heterocycles. The molecule has 1 amide bonds. The van der Waals surface area contributed by atoms with Gasteiger partial charge in [0.15, 0.2) is 0 Å². The van der Waals surface area contributed by atoms with E-state index in [4.69, 9.17) is 0 Å². The summed E-state index contributed by atoms with van der Waals surface area (Å²) < 4.78 is 3.92. The second-order valence-corrected chi connectivity index (χ2v) is 1.12. The highest BCUT2D eigenvalue weighted by atomic mass is 32.1. The highest BCUT2D eigenvalue weighted by Crippen LogP contribution is 1.78. The smallest absolute Gasteiger partial charge is 0.366 e. The Morgan fingerprint density at radius 3 is 2.25 bits per heavy atom. The number of hydrogen-bond acceptors (Lipinski definition) is 5. The predicted molar refractivity (Wildman–Crippen MR) is 28.5 cm³/mol. The molecule has 0 aliphatic rings. The fourth-order valence-electron chi connectivity index (χ4n) is 0.106. The van der Waals surface area contributed by atoms with E-state index < -0.39 is 11.3 Å². The summed E-state index contributed by atoms with van der Waals surface area (Å²) >= 11 is 4.16. The van der Waals surface area contributed by atoms with Crippen molar-refractivity contribution >= 4 is 23.5 Å². The molecule has 0 saturated heterocycles. The molecular weight excluding hydrogens is 132 g/mol. The Hall–Kier alpha value is -0.880. The van der Waals surface area contributed by atoms with Crippen LogP contribution in [0.4, 0.5) is 4.79 Å². The van der Waals surface area contributed by atoms with Gasteiger partial charge in [-0.05, 0) is 0 Å². The zero-order valence-corrected chi connectivity index (χ0v) is 4.60. The number of primary amides is 1. The average Bonchev–Trinajstić information content (AvgIpc) is 1.65. The minimum atomic E-state index is -1.04. The fourth-order valence-corrected chi connectivity index (χ4v) is 0.188. The Balaban J connectivity index is 3.40. The van der Waals surface area contributed by atoms with Gasteiger partial charge in [0.2, 0.25) is 0 Å². The lowest BCUT2D eigenvalue weighted by molar-refractivity contribution is 0.177. The topological polar surface area (TPSA) is 87.6 Å². The molecule has 8 heavy (non-hydrogen) atoms. The van der Waals surface area contributed by atoms with Crippen LogP contribution in [0.25, 0.3) is 0 Å². The molecule has 46 valence electrons. The van der Waals surface area contributed by atoms with E-state index in [2.05, 4.69) is 33.4 Å². The lowest BCUT2D eigenvalue weighted by Crippen LogP contribution is -2.20. The summed E-state index contributed by atoms with van der Waals surface area (Å²) in [5.41, 5.74) is 4.48. The van der Waals surface area contributed by atoms with Crippen molar-refractivity contribution in [2.24, 2.45) is 11.6 Å². The van der Waals surface area contributed by atoms with Gasteiger partial charge in [0.1, 0.15) is 0 Å². The Labute approximate surface area is 50.5 Å².